The van der Waals surface area contributed by atoms with E-state index in [1.54, 1.807) is 35.5 Å². The van der Waals surface area contributed by atoms with Crippen molar-refractivity contribution in [3.8, 4) is 0 Å². The van der Waals surface area contributed by atoms with E-state index in [1.807, 2.05) is 18.2 Å². The molecular formula is C19H22N6O3. The number of carbonyl (C=O) groups excluding carboxylic acids is 1. The fraction of sp³-hybridized carbons (Fsp3) is 0.263. The van der Waals surface area contributed by atoms with Crippen molar-refractivity contribution in [1.82, 2.24) is 25.2 Å². The van der Waals surface area contributed by atoms with Crippen LogP contribution in [-0.4, -0.2) is 44.5 Å². The number of aryl methyl sites for hydroxylation is 2. The lowest BCUT2D eigenvalue weighted by molar-refractivity contribution is 0.0537. The Labute approximate surface area is 162 Å². The average Bonchev–Trinajstić information content (AvgIpc) is 3.15. The van der Waals surface area contributed by atoms with Crippen molar-refractivity contribution in [2.45, 2.75) is 19.4 Å². The molecule has 2 heterocycles. The topological polar surface area (TPSA) is 114 Å². The van der Waals surface area contributed by atoms with Crippen LogP contribution in [0.3, 0.4) is 0 Å². The number of nitrogens with zero attached hydrogens (tertiary/aromatic N) is 4. The van der Waals surface area contributed by atoms with Crippen LogP contribution in [0, 0.1) is 0 Å². The number of anilines is 2. The summed E-state index contributed by atoms with van der Waals surface area (Å²) in [7, 11) is 1.40. The van der Waals surface area contributed by atoms with Gasteiger partial charge in [0, 0.05) is 24.2 Å². The van der Waals surface area contributed by atoms with Crippen LogP contribution in [0.25, 0.3) is 0 Å². The first-order valence-corrected chi connectivity index (χ1v) is 8.81. The highest BCUT2D eigenvalue weighted by atomic mass is 16.6. The van der Waals surface area contributed by atoms with Crippen LogP contribution in [-0.2, 0) is 24.2 Å². The van der Waals surface area contributed by atoms with Gasteiger partial charge in [0.15, 0.2) is 0 Å². The second-order valence-corrected chi connectivity index (χ2v) is 6.09. The average molecular weight is 382 g/mol. The third-order valence-electron chi connectivity index (χ3n) is 4.01. The molecule has 3 N–H and O–H groups in total. The normalized spacial score (nSPS) is 10.6. The summed E-state index contributed by atoms with van der Waals surface area (Å²) in [6.45, 7) is 0.474. The Bertz CT molecular complexity index is 910. The van der Waals surface area contributed by atoms with Crippen LogP contribution >= 0.6 is 0 Å². The first kappa shape index (κ1) is 19.5. The highest BCUT2D eigenvalue weighted by Crippen LogP contribution is 2.13. The zero-order chi connectivity index (χ0) is 19.8. The molecule has 0 aliphatic heterocycles. The number of benzene rings is 1. The Hall–Kier alpha value is -3.30. The van der Waals surface area contributed by atoms with Gasteiger partial charge in [-0.05, 0) is 36.1 Å². The zero-order valence-corrected chi connectivity index (χ0v) is 15.5. The Kier molecular flexibility index (Phi) is 6.66. The monoisotopic (exact) mass is 382 g/mol. The van der Waals surface area contributed by atoms with E-state index < -0.39 is 0 Å². The van der Waals surface area contributed by atoms with Crippen molar-refractivity contribution in [3.63, 3.8) is 0 Å². The predicted octanol–water partition coefficient (Wildman–Crippen LogP) is 1.49. The van der Waals surface area contributed by atoms with Crippen LogP contribution in [0.4, 0.5) is 11.6 Å². The molecule has 3 aromatic rings. The molecule has 0 spiro atoms. The van der Waals surface area contributed by atoms with Crippen molar-refractivity contribution in [1.29, 1.82) is 0 Å². The number of hydroxylamine groups is 1. The predicted molar refractivity (Wildman–Crippen MR) is 103 cm³/mol. The molecule has 0 unspecified atom stereocenters. The molecule has 9 heteroatoms. The summed E-state index contributed by atoms with van der Waals surface area (Å²) in [5, 5.41) is 16.1. The quantitative estimate of drug-likeness (QED) is 0.480. The van der Waals surface area contributed by atoms with Gasteiger partial charge in [-0.3, -0.25) is 14.3 Å². The van der Waals surface area contributed by atoms with Gasteiger partial charge in [-0.1, -0.05) is 12.1 Å². The number of amides is 1. The number of rotatable bonds is 9. The maximum atomic E-state index is 11.8. The van der Waals surface area contributed by atoms with Crippen LogP contribution in [0.5, 0.6) is 0 Å². The lowest BCUT2D eigenvalue weighted by Crippen LogP contribution is -2.21. The van der Waals surface area contributed by atoms with Crippen molar-refractivity contribution in [3.05, 3.63) is 65.7 Å². The molecule has 0 radical (unpaired) electrons. The van der Waals surface area contributed by atoms with E-state index in [0.29, 0.717) is 18.1 Å². The number of nitrogens with one attached hydrogen (secondary N) is 2. The van der Waals surface area contributed by atoms with Gasteiger partial charge in [0.25, 0.3) is 5.91 Å². The van der Waals surface area contributed by atoms with Gasteiger partial charge in [0.2, 0.25) is 5.95 Å². The second kappa shape index (κ2) is 9.58. The Balaban J connectivity index is 1.55. The smallest absolute Gasteiger partial charge is 0.274 e. The molecule has 0 aliphatic rings. The summed E-state index contributed by atoms with van der Waals surface area (Å²) in [5.41, 5.74) is 5.66. The lowest BCUT2D eigenvalue weighted by atomic mass is 10.0. The molecule has 9 nitrogen and oxygen atoms in total. The summed E-state index contributed by atoms with van der Waals surface area (Å²) in [4.78, 5) is 25.1. The number of hydrogen-bond acceptors (Lipinski definition) is 7. The molecule has 0 saturated heterocycles. The summed E-state index contributed by atoms with van der Waals surface area (Å²) in [5.74, 6) is 0.205. The van der Waals surface area contributed by atoms with Crippen molar-refractivity contribution in [2.24, 2.45) is 0 Å². The summed E-state index contributed by atoms with van der Waals surface area (Å²) in [6, 6.07) is 7.41. The van der Waals surface area contributed by atoms with Gasteiger partial charge in [-0.2, -0.15) is 5.10 Å². The highest BCUT2D eigenvalue weighted by molar-refractivity contribution is 5.93. The first-order valence-electron chi connectivity index (χ1n) is 8.81. The molecule has 2 aromatic heterocycles. The fourth-order valence-corrected chi connectivity index (χ4v) is 2.64. The highest BCUT2D eigenvalue weighted by Gasteiger charge is 2.06. The Morgan fingerprint density at radius 1 is 1.18 bits per heavy atom. The van der Waals surface area contributed by atoms with Crippen LogP contribution < -0.4 is 10.8 Å². The van der Waals surface area contributed by atoms with E-state index in [0.717, 1.165) is 29.7 Å². The summed E-state index contributed by atoms with van der Waals surface area (Å²) in [6.07, 6.45) is 8.49. The molecule has 28 heavy (non-hydrogen) atoms. The van der Waals surface area contributed by atoms with Crippen LogP contribution in [0.1, 0.15) is 21.5 Å². The van der Waals surface area contributed by atoms with Crippen LogP contribution in [0.15, 0.2) is 49.1 Å². The second-order valence-electron chi connectivity index (χ2n) is 6.09. The molecule has 0 atom stereocenters. The van der Waals surface area contributed by atoms with Gasteiger partial charge in [-0.25, -0.2) is 15.4 Å². The molecule has 146 valence electrons. The molecule has 1 aromatic carbocycles. The van der Waals surface area contributed by atoms with E-state index in [1.165, 1.54) is 7.11 Å². The van der Waals surface area contributed by atoms with Gasteiger partial charge < -0.3 is 10.4 Å². The van der Waals surface area contributed by atoms with E-state index in [9.17, 15) is 4.79 Å². The largest absolute Gasteiger partial charge is 0.394 e. The van der Waals surface area contributed by atoms with E-state index in [4.69, 9.17) is 5.11 Å². The third-order valence-corrected chi connectivity index (χ3v) is 4.01. The molecule has 0 aliphatic carbocycles. The minimum Gasteiger partial charge on any atom is -0.394 e. The molecule has 3 rings (SSSR count). The molecule has 0 fully saturated rings. The van der Waals surface area contributed by atoms with Gasteiger partial charge >= 0.3 is 0 Å². The minimum atomic E-state index is -0.273. The minimum absolute atomic E-state index is 0.0340. The summed E-state index contributed by atoms with van der Waals surface area (Å²) < 4.78 is 1.64. The van der Waals surface area contributed by atoms with Gasteiger partial charge in [0.1, 0.15) is 0 Å². The number of hydrogen-bond donors (Lipinski definition) is 3. The molecule has 1 amide bonds. The first-order chi connectivity index (χ1) is 13.7. The van der Waals surface area contributed by atoms with Crippen LogP contribution in [0.2, 0.25) is 0 Å². The van der Waals surface area contributed by atoms with E-state index in [-0.39, 0.29) is 12.5 Å². The maximum absolute atomic E-state index is 11.8. The van der Waals surface area contributed by atoms with Crippen molar-refractivity contribution in [2.75, 3.05) is 19.0 Å². The van der Waals surface area contributed by atoms with E-state index >= 15 is 0 Å². The molecular weight excluding hydrogens is 360 g/mol. The van der Waals surface area contributed by atoms with Crippen molar-refractivity contribution < 1.29 is 14.7 Å². The zero-order valence-electron chi connectivity index (χ0n) is 15.5. The molecule has 0 bridgehead atoms. The van der Waals surface area contributed by atoms with Crippen molar-refractivity contribution >= 4 is 17.5 Å². The standard InChI is InChI=1S/C19H22N6O3/c1-28-24-18(27)16-4-2-3-14(9-16)5-6-15-10-20-19(21-11-15)23-17-12-22-25(13-17)7-8-26/h2-4,9-13,26H,5-8H2,1H3,(H,24,27)(H,20,21,23). The van der Waals surface area contributed by atoms with Gasteiger partial charge in [-0.15, -0.1) is 0 Å². The summed E-state index contributed by atoms with van der Waals surface area (Å²) >= 11 is 0. The molecule has 0 saturated carbocycles. The third kappa shape index (κ3) is 5.35. The maximum Gasteiger partial charge on any atom is 0.274 e. The Morgan fingerprint density at radius 3 is 2.71 bits per heavy atom. The Morgan fingerprint density at radius 2 is 1.96 bits per heavy atom. The van der Waals surface area contributed by atoms with E-state index in [2.05, 4.69) is 30.7 Å². The number of aromatic nitrogens is 4. The number of aliphatic hydroxyl groups excluding tert-OH is 1. The number of carbonyl (C=O) groups is 1. The fourth-order valence-electron chi connectivity index (χ4n) is 2.64. The SMILES string of the molecule is CONC(=O)c1cccc(CCc2cnc(Nc3cnn(CCO)c3)nc2)c1. The lowest BCUT2D eigenvalue weighted by Gasteiger charge is -2.06. The number of aliphatic hydroxyl groups is 1. The van der Waals surface area contributed by atoms with Gasteiger partial charge in [0.05, 0.1) is 32.1 Å².